The van der Waals surface area contributed by atoms with Crippen molar-refractivity contribution in [2.75, 3.05) is 46.4 Å². The Morgan fingerprint density at radius 1 is 1.16 bits per heavy atom. The maximum atomic E-state index is 10.6. The van der Waals surface area contributed by atoms with Gasteiger partial charge in [-0.1, -0.05) is 30.3 Å². The number of aliphatic hydroxyl groups excluding tert-OH is 1. The number of β-amino-alcohol motifs (C(OH)–C–C–N with tert-alkyl or cyclic N) is 1. The molecule has 172 valence electrons. The number of hydrogen-bond donors (Lipinski definition) is 2. The van der Waals surface area contributed by atoms with Gasteiger partial charge >= 0.3 is 0 Å². The minimum Gasteiger partial charge on any atom is -0.486 e. The summed E-state index contributed by atoms with van der Waals surface area (Å²) in [4.78, 5) is 9.09. The normalized spacial score (nSPS) is 16.9. The van der Waals surface area contributed by atoms with Crippen molar-refractivity contribution < 1.29 is 14.6 Å². The van der Waals surface area contributed by atoms with Crippen molar-refractivity contribution in [3.8, 4) is 11.5 Å². The van der Waals surface area contributed by atoms with E-state index < -0.39 is 6.10 Å². The van der Waals surface area contributed by atoms with E-state index in [0.29, 0.717) is 32.8 Å². The van der Waals surface area contributed by atoms with E-state index in [0.717, 1.165) is 49.1 Å². The lowest BCUT2D eigenvalue weighted by Gasteiger charge is -2.30. The number of ether oxygens (including phenoxy) is 2. The van der Waals surface area contributed by atoms with E-state index in [1.165, 1.54) is 11.1 Å². The minimum atomic E-state index is -0.503. The van der Waals surface area contributed by atoms with E-state index in [9.17, 15) is 5.11 Å². The van der Waals surface area contributed by atoms with E-state index in [4.69, 9.17) is 14.5 Å². The standard InChI is InChI=1S/C25H34N4O3/c1-3-26-25(28(2)16-19-8-9-23-24(14-19)32-13-12-31-23)27-15-22(30)18-29-11-10-20-6-4-5-7-21(20)17-29/h4-9,14,22,30H,3,10-13,15-18H2,1-2H3,(H,26,27). The van der Waals surface area contributed by atoms with Crippen molar-refractivity contribution in [3.63, 3.8) is 0 Å². The zero-order chi connectivity index (χ0) is 22.3. The maximum Gasteiger partial charge on any atom is 0.194 e. The quantitative estimate of drug-likeness (QED) is 0.511. The van der Waals surface area contributed by atoms with Gasteiger partial charge in [0.05, 0.1) is 12.6 Å². The Morgan fingerprint density at radius 2 is 1.94 bits per heavy atom. The first kappa shape index (κ1) is 22.4. The van der Waals surface area contributed by atoms with Gasteiger partial charge in [-0.25, -0.2) is 0 Å². The second kappa shape index (κ2) is 10.7. The average molecular weight is 439 g/mol. The van der Waals surface area contributed by atoms with Crippen molar-refractivity contribution in [2.24, 2.45) is 4.99 Å². The van der Waals surface area contributed by atoms with Crippen molar-refractivity contribution in [1.82, 2.24) is 15.1 Å². The third-order valence-corrected chi connectivity index (χ3v) is 5.85. The molecule has 0 saturated heterocycles. The number of hydrogen-bond acceptors (Lipinski definition) is 5. The Labute approximate surface area is 190 Å². The number of aliphatic hydroxyl groups is 1. The van der Waals surface area contributed by atoms with Gasteiger partial charge in [-0.05, 0) is 42.2 Å². The molecule has 0 aromatic heterocycles. The van der Waals surface area contributed by atoms with Crippen molar-refractivity contribution in [3.05, 3.63) is 59.2 Å². The molecule has 2 aliphatic heterocycles. The zero-order valence-corrected chi connectivity index (χ0v) is 19.1. The molecular weight excluding hydrogens is 404 g/mol. The van der Waals surface area contributed by atoms with Gasteiger partial charge in [-0.15, -0.1) is 0 Å². The fourth-order valence-corrected chi connectivity index (χ4v) is 4.26. The number of guanidine groups is 1. The van der Waals surface area contributed by atoms with Crippen LogP contribution in [-0.4, -0.2) is 73.4 Å². The van der Waals surface area contributed by atoms with Gasteiger partial charge in [-0.2, -0.15) is 0 Å². The molecule has 0 aliphatic carbocycles. The van der Waals surface area contributed by atoms with Crippen LogP contribution in [0.3, 0.4) is 0 Å². The molecule has 0 spiro atoms. The molecule has 7 heteroatoms. The molecule has 2 N–H and O–H groups in total. The fraction of sp³-hybridized carbons (Fsp3) is 0.480. The van der Waals surface area contributed by atoms with Crippen LogP contribution in [0.25, 0.3) is 0 Å². The summed E-state index contributed by atoms with van der Waals surface area (Å²) >= 11 is 0. The number of nitrogens with one attached hydrogen (secondary N) is 1. The second-order valence-electron chi connectivity index (χ2n) is 8.44. The molecule has 1 unspecified atom stereocenters. The first-order chi connectivity index (χ1) is 15.6. The number of nitrogens with zero attached hydrogens (tertiary/aromatic N) is 3. The fourth-order valence-electron chi connectivity index (χ4n) is 4.26. The summed E-state index contributed by atoms with van der Waals surface area (Å²) in [5, 5.41) is 14.0. The van der Waals surface area contributed by atoms with Crippen LogP contribution in [0.2, 0.25) is 0 Å². The molecule has 7 nitrogen and oxygen atoms in total. The Kier molecular flexibility index (Phi) is 7.50. The summed E-state index contributed by atoms with van der Waals surface area (Å²) in [7, 11) is 2.01. The van der Waals surface area contributed by atoms with E-state index in [1.54, 1.807) is 0 Å². The third-order valence-electron chi connectivity index (χ3n) is 5.85. The number of rotatable bonds is 7. The van der Waals surface area contributed by atoms with Crippen molar-refractivity contribution in [1.29, 1.82) is 0 Å². The molecular formula is C25H34N4O3. The lowest BCUT2D eigenvalue weighted by molar-refractivity contribution is 0.111. The van der Waals surface area contributed by atoms with Crippen LogP contribution in [0, 0.1) is 0 Å². The molecule has 0 radical (unpaired) electrons. The minimum absolute atomic E-state index is 0.367. The third kappa shape index (κ3) is 5.72. The van der Waals surface area contributed by atoms with E-state index >= 15 is 0 Å². The molecule has 0 bridgehead atoms. The number of fused-ring (bicyclic) bond motifs is 2. The van der Waals surface area contributed by atoms with Crippen molar-refractivity contribution in [2.45, 2.75) is 32.5 Å². The highest BCUT2D eigenvalue weighted by molar-refractivity contribution is 5.79. The molecule has 2 heterocycles. The van der Waals surface area contributed by atoms with Crippen molar-refractivity contribution >= 4 is 5.96 Å². The van der Waals surface area contributed by atoms with E-state index in [2.05, 4.69) is 52.4 Å². The molecule has 0 amide bonds. The van der Waals surface area contributed by atoms with Crippen LogP contribution >= 0.6 is 0 Å². The molecule has 0 fully saturated rings. The Morgan fingerprint density at radius 3 is 2.75 bits per heavy atom. The Hall–Kier alpha value is -2.77. The highest BCUT2D eigenvalue weighted by Gasteiger charge is 2.19. The molecule has 2 aromatic carbocycles. The number of benzene rings is 2. The summed E-state index contributed by atoms with van der Waals surface area (Å²) < 4.78 is 11.3. The van der Waals surface area contributed by atoms with Crippen LogP contribution in [0.1, 0.15) is 23.6 Å². The largest absolute Gasteiger partial charge is 0.486 e. The topological polar surface area (TPSA) is 69.6 Å². The van der Waals surface area contributed by atoms with Crippen LogP contribution in [0.5, 0.6) is 11.5 Å². The molecule has 32 heavy (non-hydrogen) atoms. The summed E-state index contributed by atoms with van der Waals surface area (Å²) in [5.74, 6) is 2.37. The summed E-state index contributed by atoms with van der Waals surface area (Å²) in [6.45, 7) is 7.53. The van der Waals surface area contributed by atoms with Gasteiger partial charge < -0.3 is 24.8 Å². The monoisotopic (exact) mass is 438 g/mol. The molecule has 4 rings (SSSR count). The average Bonchev–Trinajstić information content (AvgIpc) is 2.81. The highest BCUT2D eigenvalue weighted by Crippen LogP contribution is 2.31. The summed E-state index contributed by atoms with van der Waals surface area (Å²) in [5.41, 5.74) is 3.91. The van der Waals surface area contributed by atoms with Crippen LogP contribution in [0.4, 0.5) is 0 Å². The molecule has 2 aliphatic rings. The predicted molar refractivity (Wildman–Crippen MR) is 126 cm³/mol. The Bertz CT molecular complexity index is 933. The smallest absolute Gasteiger partial charge is 0.194 e. The Balaban J connectivity index is 1.33. The van der Waals surface area contributed by atoms with E-state index in [-0.39, 0.29) is 0 Å². The summed E-state index contributed by atoms with van der Waals surface area (Å²) in [6, 6.07) is 14.6. The SMILES string of the molecule is CCNC(=NCC(O)CN1CCc2ccccc2C1)N(C)Cc1ccc2c(c1)OCCO2. The molecule has 0 saturated carbocycles. The predicted octanol–water partition coefficient (Wildman–Crippen LogP) is 2.27. The molecule has 2 aromatic rings. The van der Waals surface area contributed by atoms with Gasteiger partial charge in [0.25, 0.3) is 0 Å². The van der Waals surface area contributed by atoms with Gasteiger partial charge in [0, 0.05) is 39.8 Å². The first-order valence-corrected chi connectivity index (χ1v) is 11.5. The number of aliphatic imine (C=N–C) groups is 1. The van der Waals surface area contributed by atoms with Crippen LogP contribution < -0.4 is 14.8 Å². The molecule has 1 atom stereocenters. The van der Waals surface area contributed by atoms with Gasteiger partial charge in [0.2, 0.25) is 0 Å². The van der Waals surface area contributed by atoms with Gasteiger partial charge in [0.1, 0.15) is 13.2 Å². The lowest BCUT2D eigenvalue weighted by atomic mass is 10.00. The van der Waals surface area contributed by atoms with Gasteiger partial charge in [0.15, 0.2) is 17.5 Å². The van der Waals surface area contributed by atoms with Gasteiger partial charge in [-0.3, -0.25) is 9.89 Å². The van der Waals surface area contributed by atoms with Crippen LogP contribution in [-0.2, 0) is 19.5 Å². The second-order valence-corrected chi connectivity index (χ2v) is 8.44. The first-order valence-electron chi connectivity index (χ1n) is 11.5. The lowest BCUT2D eigenvalue weighted by Crippen LogP contribution is -2.41. The highest BCUT2D eigenvalue weighted by atomic mass is 16.6. The zero-order valence-electron chi connectivity index (χ0n) is 19.1. The maximum absolute atomic E-state index is 10.6. The van der Waals surface area contributed by atoms with Crippen LogP contribution in [0.15, 0.2) is 47.5 Å². The van der Waals surface area contributed by atoms with E-state index in [1.807, 2.05) is 19.2 Å². The summed E-state index contributed by atoms with van der Waals surface area (Å²) in [6.07, 6.45) is 0.532.